The Morgan fingerprint density at radius 1 is 1.47 bits per heavy atom. The molecule has 5 heteroatoms. The zero-order valence-electron chi connectivity index (χ0n) is 10.4. The number of aliphatic hydroxyl groups excluding tert-OH is 1. The highest BCUT2D eigenvalue weighted by Crippen LogP contribution is 2.13. The molecule has 17 heavy (non-hydrogen) atoms. The second kappa shape index (κ2) is 7.27. The second-order valence-corrected chi connectivity index (χ2v) is 4.58. The van der Waals surface area contributed by atoms with Gasteiger partial charge >= 0.3 is 0 Å². The van der Waals surface area contributed by atoms with Crippen LogP contribution in [0.3, 0.4) is 0 Å². The Balaban J connectivity index is 2.23. The molecule has 0 radical (unpaired) electrons. The number of nitrogens with zero attached hydrogens (tertiary/aromatic N) is 1. The minimum Gasteiger partial charge on any atom is -0.396 e. The zero-order chi connectivity index (χ0) is 12.7. The lowest BCUT2D eigenvalue weighted by Crippen LogP contribution is -2.43. The van der Waals surface area contributed by atoms with Gasteiger partial charge in [-0.25, -0.2) is 0 Å². The molecule has 1 saturated heterocycles. The van der Waals surface area contributed by atoms with E-state index in [1.807, 2.05) is 0 Å². The molecule has 1 aliphatic rings. The highest BCUT2D eigenvalue weighted by Gasteiger charge is 2.26. The van der Waals surface area contributed by atoms with Crippen molar-refractivity contribution in [3.63, 3.8) is 0 Å². The first-order valence-electron chi connectivity index (χ1n) is 6.27. The topological polar surface area (TPSA) is 69.6 Å². The van der Waals surface area contributed by atoms with Crippen LogP contribution in [0.2, 0.25) is 0 Å². The molecule has 1 rings (SSSR count). The highest BCUT2D eigenvalue weighted by molar-refractivity contribution is 5.83. The van der Waals surface area contributed by atoms with Crippen LogP contribution in [0, 0.1) is 5.92 Å². The Labute approximate surface area is 102 Å². The highest BCUT2D eigenvalue weighted by atomic mass is 16.3. The zero-order valence-corrected chi connectivity index (χ0v) is 10.4. The van der Waals surface area contributed by atoms with Crippen LogP contribution in [0.4, 0.5) is 0 Å². The number of carbonyl (C=O) groups is 2. The number of nitrogens with one attached hydrogen (secondary N) is 1. The molecule has 0 aromatic carbocycles. The normalized spacial score (nSPS) is 19.9. The van der Waals surface area contributed by atoms with Crippen molar-refractivity contribution < 1.29 is 14.7 Å². The number of hydrogen-bond acceptors (Lipinski definition) is 3. The standard InChI is InChI=1S/C12H22N2O3/c1-14(7-3-2-4-8-15)12(17)10-5-6-11(16)13-9-10/h10,15H,2-9H2,1H3,(H,13,16). The van der Waals surface area contributed by atoms with Gasteiger partial charge in [0.15, 0.2) is 0 Å². The monoisotopic (exact) mass is 242 g/mol. The number of amides is 2. The first kappa shape index (κ1) is 14.0. The Kier molecular flexibility index (Phi) is 5.97. The van der Waals surface area contributed by atoms with E-state index in [0.29, 0.717) is 19.4 Å². The van der Waals surface area contributed by atoms with Gasteiger partial charge in [-0.15, -0.1) is 0 Å². The van der Waals surface area contributed by atoms with E-state index in [1.54, 1.807) is 11.9 Å². The molecule has 0 saturated carbocycles. The number of aliphatic hydroxyl groups is 1. The van der Waals surface area contributed by atoms with Crippen molar-refractivity contribution in [3.05, 3.63) is 0 Å². The summed E-state index contributed by atoms with van der Waals surface area (Å²) in [6, 6.07) is 0. The number of rotatable bonds is 6. The fourth-order valence-corrected chi connectivity index (χ4v) is 2.00. The van der Waals surface area contributed by atoms with Gasteiger partial charge in [-0.3, -0.25) is 9.59 Å². The van der Waals surface area contributed by atoms with Crippen LogP contribution in [0.15, 0.2) is 0 Å². The van der Waals surface area contributed by atoms with Crippen LogP contribution in [-0.4, -0.2) is 48.6 Å². The van der Waals surface area contributed by atoms with Gasteiger partial charge < -0.3 is 15.3 Å². The summed E-state index contributed by atoms with van der Waals surface area (Å²) in [5.74, 6) is 0.101. The van der Waals surface area contributed by atoms with Gasteiger partial charge in [0.25, 0.3) is 0 Å². The summed E-state index contributed by atoms with van der Waals surface area (Å²) in [7, 11) is 1.80. The van der Waals surface area contributed by atoms with E-state index in [2.05, 4.69) is 5.32 Å². The van der Waals surface area contributed by atoms with Gasteiger partial charge in [0.2, 0.25) is 11.8 Å². The molecule has 0 aromatic heterocycles. The smallest absolute Gasteiger partial charge is 0.227 e. The minimum absolute atomic E-state index is 0.0413. The predicted molar refractivity (Wildman–Crippen MR) is 64.3 cm³/mol. The van der Waals surface area contributed by atoms with Crippen molar-refractivity contribution in [2.45, 2.75) is 32.1 Å². The molecule has 1 fully saturated rings. The van der Waals surface area contributed by atoms with Crippen LogP contribution >= 0.6 is 0 Å². The lowest BCUT2D eigenvalue weighted by Gasteiger charge is -2.26. The fraction of sp³-hybridized carbons (Fsp3) is 0.833. The summed E-state index contributed by atoms with van der Waals surface area (Å²) in [4.78, 5) is 24.7. The van der Waals surface area contributed by atoms with Crippen LogP contribution in [0.1, 0.15) is 32.1 Å². The first-order chi connectivity index (χ1) is 8.15. The Hall–Kier alpha value is -1.10. The molecule has 98 valence electrons. The maximum Gasteiger partial charge on any atom is 0.227 e. The lowest BCUT2D eigenvalue weighted by atomic mass is 9.98. The van der Waals surface area contributed by atoms with Gasteiger partial charge in [-0.05, 0) is 25.7 Å². The summed E-state index contributed by atoms with van der Waals surface area (Å²) in [6.45, 7) is 1.41. The maximum absolute atomic E-state index is 12.0. The van der Waals surface area contributed by atoms with Crippen molar-refractivity contribution in [1.82, 2.24) is 10.2 Å². The third-order valence-electron chi connectivity index (χ3n) is 3.14. The summed E-state index contributed by atoms with van der Waals surface area (Å²) in [5.41, 5.74) is 0. The molecule has 1 heterocycles. The maximum atomic E-state index is 12.0. The van der Waals surface area contributed by atoms with E-state index >= 15 is 0 Å². The Morgan fingerprint density at radius 3 is 2.82 bits per heavy atom. The number of piperidine rings is 1. The lowest BCUT2D eigenvalue weighted by molar-refractivity contribution is -0.136. The predicted octanol–water partition coefficient (Wildman–Crippen LogP) is 0.134. The summed E-state index contributed by atoms with van der Waals surface area (Å²) >= 11 is 0. The summed E-state index contributed by atoms with van der Waals surface area (Å²) in [6.07, 6.45) is 3.76. The molecule has 1 aliphatic heterocycles. The second-order valence-electron chi connectivity index (χ2n) is 4.58. The van der Waals surface area contributed by atoms with E-state index in [0.717, 1.165) is 25.8 Å². The minimum atomic E-state index is -0.0597. The fourth-order valence-electron chi connectivity index (χ4n) is 2.00. The van der Waals surface area contributed by atoms with Gasteiger partial charge in [0.1, 0.15) is 0 Å². The molecule has 1 unspecified atom stereocenters. The number of unbranched alkanes of at least 4 members (excludes halogenated alkanes) is 2. The van der Waals surface area contributed by atoms with Crippen LogP contribution in [-0.2, 0) is 9.59 Å². The molecule has 0 bridgehead atoms. The molecule has 1 atom stereocenters. The van der Waals surface area contributed by atoms with E-state index in [1.165, 1.54) is 0 Å². The molecule has 0 aromatic rings. The largest absolute Gasteiger partial charge is 0.396 e. The van der Waals surface area contributed by atoms with Crippen LogP contribution in [0.25, 0.3) is 0 Å². The molecule has 2 amide bonds. The third-order valence-corrected chi connectivity index (χ3v) is 3.14. The van der Waals surface area contributed by atoms with Gasteiger partial charge in [-0.1, -0.05) is 0 Å². The van der Waals surface area contributed by atoms with Crippen LogP contribution in [0.5, 0.6) is 0 Å². The summed E-state index contributed by atoms with van der Waals surface area (Å²) < 4.78 is 0. The Bertz CT molecular complexity index is 258. The first-order valence-corrected chi connectivity index (χ1v) is 6.27. The van der Waals surface area contributed by atoms with E-state index < -0.39 is 0 Å². The molecule has 2 N–H and O–H groups in total. The van der Waals surface area contributed by atoms with Crippen molar-refractivity contribution in [3.8, 4) is 0 Å². The molecule has 0 spiro atoms. The van der Waals surface area contributed by atoms with Crippen molar-refractivity contribution in [2.24, 2.45) is 5.92 Å². The SMILES string of the molecule is CN(CCCCCO)C(=O)C1CCC(=O)NC1. The number of carbonyl (C=O) groups excluding carboxylic acids is 2. The molecular formula is C12H22N2O3. The average Bonchev–Trinajstić information content (AvgIpc) is 2.34. The molecule has 5 nitrogen and oxygen atoms in total. The van der Waals surface area contributed by atoms with E-state index in [4.69, 9.17) is 5.11 Å². The van der Waals surface area contributed by atoms with Gasteiger partial charge in [0.05, 0.1) is 5.92 Å². The third kappa shape index (κ3) is 4.73. The Morgan fingerprint density at radius 2 is 2.24 bits per heavy atom. The molecular weight excluding hydrogens is 220 g/mol. The number of hydrogen-bond donors (Lipinski definition) is 2. The van der Waals surface area contributed by atoms with Crippen molar-refractivity contribution in [2.75, 3.05) is 26.7 Å². The van der Waals surface area contributed by atoms with Crippen molar-refractivity contribution in [1.29, 1.82) is 0 Å². The quantitative estimate of drug-likeness (QED) is 0.651. The van der Waals surface area contributed by atoms with Gasteiger partial charge in [0, 0.05) is 33.2 Å². The average molecular weight is 242 g/mol. The summed E-state index contributed by atoms with van der Waals surface area (Å²) in [5, 5.41) is 11.4. The molecule has 0 aliphatic carbocycles. The van der Waals surface area contributed by atoms with Gasteiger partial charge in [-0.2, -0.15) is 0 Å². The van der Waals surface area contributed by atoms with E-state index in [-0.39, 0.29) is 24.3 Å². The van der Waals surface area contributed by atoms with Crippen LogP contribution < -0.4 is 5.32 Å². The van der Waals surface area contributed by atoms with E-state index in [9.17, 15) is 9.59 Å². The van der Waals surface area contributed by atoms with Crippen molar-refractivity contribution >= 4 is 11.8 Å².